The molecule has 0 saturated heterocycles. The van der Waals surface area contributed by atoms with Gasteiger partial charge in [-0.25, -0.2) is 9.98 Å². The Morgan fingerprint density at radius 1 is 0.611 bits per heavy atom. The van der Waals surface area contributed by atoms with Crippen LogP contribution in [0.3, 0.4) is 0 Å². The number of halogens is 8. The van der Waals surface area contributed by atoms with Crippen LogP contribution in [0.25, 0.3) is 10.8 Å². The predicted octanol–water partition coefficient (Wildman–Crippen LogP) is 9.66. The first-order valence-electron chi connectivity index (χ1n) is 10.4. The third kappa shape index (κ3) is 4.37. The van der Waals surface area contributed by atoms with Crippen LogP contribution in [0.2, 0.25) is 0 Å². The van der Waals surface area contributed by atoms with Gasteiger partial charge in [-0.2, -0.15) is 26.3 Å². The predicted molar refractivity (Wildman–Crippen MR) is 135 cm³/mol. The second kappa shape index (κ2) is 8.85. The van der Waals surface area contributed by atoms with Gasteiger partial charge in [0.15, 0.2) is 0 Å². The first kappa shape index (κ1) is 24.7. The summed E-state index contributed by atoms with van der Waals surface area (Å²) >= 11 is 6.24. The molecular weight excluding hydrogens is 614 g/mol. The van der Waals surface area contributed by atoms with Crippen molar-refractivity contribution >= 4 is 65.4 Å². The maximum absolute atomic E-state index is 13.9. The van der Waals surface area contributed by atoms with Crippen LogP contribution >= 0.6 is 31.9 Å². The smallest absolute Gasteiger partial charge is 0.245 e. The fourth-order valence-corrected chi connectivity index (χ4v) is 5.47. The molecule has 36 heavy (non-hydrogen) atoms. The Kier molecular flexibility index (Phi) is 6.07. The number of hydrogen-bond donors (Lipinski definition) is 0. The van der Waals surface area contributed by atoms with E-state index in [1.54, 1.807) is 24.3 Å². The molecule has 0 atom stereocenters. The summed E-state index contributed by atoms with van der Waals surface area (Å²) in [6.45, 7) is 0. The summed E-state index contributed by atoms with van der Waals surface area (Å²) in [7, 11) is 0. The number of rotatable bonds is 2. The highest BCUT2D eigenvalue weighted by Gasteiger charge is 2.37. The van der Waals surface area contributed by atoms with E-state index in [0.717, 1.165) is 17.5 Å². The normalized spacial score (nSPS) is 15.9. The van der Waals surface area contributed by atoms with Crippen LogP contribution in [-0.2, 0) is 12.4 Å². The molecule has 0 spiro atoms. The molecule has 0 aromatic heterocycles. The lowest BCUT2D eigenvalue weighted by Crippen LogP contribution is -2.13. The summed E-state index contributed by atoms with van der Waals surface area (Å²) < 4.78 is 83.2. The third-order valence-corrected chi connectivity index (χ3v) is 6.70. The maximum atomic E-state index is 13.9. The minimum atomic E-state index is -4.73. The van der Waals surface area contributed by atoms with Crippen LogP contribution in [0, 0.1) is 0 Å². The topological polar surface area (TPSA) is 24.7 Å². The molecule has 0 radical (unpaired) electrons. The molecule has 0 unspecified atom stereocenters. The van der Waals surface area contributed by atoms with Gasteiger partial charge in [-0.1, -0.05) is 64.5 Å². The van der Waals surface area contributed by atoms with Gasteiger partial charge in [0, 0.05) is 25.5 Å². The quantitative estimate of drug-likeness (QED) is 0.198. The lowest BCUT2D eigenvalue weighted by atomic mass is 10.1. The van der Waals surface area contributed by atoms with Crippen LogP contribution in [0.15, 0.2) is 91.7 Å². The number of benzene rings is 4. The van der Waals surface area contributed by atoms with Crippen molar-refractivity contribution in [1.29, 1.82) is 0 Å². The zero-order valence-electron chi connectivity index (χ0n) is 17.8. The van der Waals surface area contributed by atoms with Crippen molar-refractivity contribution in [2.45, 2.75) is 12.4 Å². The summed E-state index contributed by atoms with van der Waals surface area (Å²) in [5, 5.41) is 1.42. The Balaban J connectivity index is 1.85. The SMILES string of the molecule is FC(F)(F)c1ccccc1/N=C1/C(=N/c2c(Br)cc(Br)cc2C(F)(F)F)c2cccc3cccc1c23. The molecule has 2 nitrogen and oxygen atoms in total. The molecule has 0 N–H and O–H groups in total. The van der Waals surface area contributed by atoms with E-state index in [4.69, 9.17) is 0 Å². The van der Waals surface area contributed by atoms with Crippen LogP contribution in [0.5, 0.6) is 0 Å². The molecule has 0 saturated carbocycles. The Bertz CT molecular complexity index is 1580. The van der Waals surface area contributed by atoms with Crippen LogP contribution < -0.4 is 0 Å². The molecule has 0 bridgehead atoms. The monoisotopic (exact) mass is 624 g/mol. The minimum Gasteiger partial charge on any atom is -0.245 e. The highest BCUT2D eigenvalue weighted by molar-refractivity contribution is 9.11. The van der Waals surface area contributed by atoms with Gasteiger partial charge in [-0.3, -0.25) is 0 Å². The molecule has 182 valence electrons. The van der Waals surface area contributed by atoms with Crippen molar-refractivity contribution in [3.63, 3.8) is 0 Å². The highest BCUT2D eigenvalue weighted by atomic mass is 79.9. The van der Waals surface area contributed by atoms with Crippen molar-refractivity contribution in [3.8, 4) is 0 Å². The second-order valence-corrected chi connectivity index (χ2v) is 9.70. The van der Waals surface area contributed by atoms with E-state index in [-0.39, 0.29) is 26.1 Å². The Morgan fingerprint density at radius 3 is 1.81 bits per heavy atom. The molecule has 0 heterocycles. The molecule has 4 aromatic rings. The zero-order chi connectivity index (χ0) is 25.8. The number of para-hydroxylation sites is 1. The average Bonchev–Trinajstić information content (AvgIpc) is 3.09. The van der Waals surface area contributed by atoms with E-state index in [2.05, 4.69) is 41.8 Å². The van der Waals surface area contributed by atoms with Gasteiger partial charge in [0.2, 0.25) is 0 Å². The fraction of sp³-hybridized carbons (Fsp3) is 0.0769. The van der Waals surface area contributed by atoms with E-state index < -0.39 is 29.2 Å². The largest absolute Gasteiger partial charge is 0.418 e. The highest BCUT2D eigenvalue weighted by Crippen LogP contribution is 2.44. The van der Waals surface area contributed by atoms with Crippen molar-refractivity contribution in [1.82, 2.24) is 0 Å². The second-order valence-electron chi connectivity index (χ2n) is 7.93. The molecule has 0 aliphatic heterocycles. The van der Waals surface area contributed by atoms with Gasteiger partial charge in [0.25, 0.3) is 0 Å². The van der Waals surface area contributed by atoms with Crippen molar-refractivity contribution in [2.24, 2.45) is 9.98 Å². The standard InChI is InChI=1S/C26H12Br2F6N2/c27-14-11-18(26(32,33)34)24(19(28)12-14)36-23-16-8-4-6-13-5-3-7-15(21(13)16)22(23)35-20-10-2-1-9-17(20)25(29,30)31/h1-12H/b35-22+,36-23+. The lowest BCUT2D eigenvalue weighted by molar-refractivity contribution is -0.137. The molecule has 0 fully saturated rings. The zero-order valence-corrected chi connectivity index (χ0v) is 21.0. The summed E-state index contributed by atoms with van der Waals surface area (Å²) in [4.78, 5) is 8.73. The molecular formula is C26H12Br2F6N2. The third-order valence-electron chi connectivity index (χ3n) is 5.64. The van der Waals surface area contributed by atoms with Crippen LogP contribution in [-0.4, -0.2) is 11.4 Å². The van der Waals surface area contributed by atoms with Gasteiger partial charge in [0.1, 0.15) is 0 Å². The fourth-order valence-electron chi connectivity index (χ4n) is 4.16. The molecule has 1 aliphatic rings. The average molecular weight is 626 g/mol. The first-order chi connectivity index (χ1) is 16.9. The van der Waals surface area contributed by atoms with Crippen LogP contribution in [0.1, 0.15) is 22.3 Å². The van der Waals surface area contributed by atoms with Gasteiger partial charge in [-0.15, -0.1) is 0 Å². The van der Waals surface area contributed by atoms with Crippen molar-refractivity contribution < 1.29 is 26.3 Å². The van der Waals surface area contributed by atoms with Gasteiger partial charge in [-0.05, 0) is 45.6 Å². The Labute approximate surface area is 217 Å². The van der Waals surface area contributed by atoms with Crippen molar-refractivity contribution in [2.75, 3.05) is 0 Å². The van der Waals surface area contributed by atoms with Crippen LogP contribution in [0.4, 0.5) is 37.7 Å². The summed E-state index contributed by atoms with van der Waals surface area (Å²) in [5.41, 5.74) is -1.65. The van der Waals surface area contributed by atoms with E-state index in [1.165, 1.54) is 24.3 Å². The molecule has 10 heteroatoms. The van der Waals surface area contributed by atoms with E-state index in [0.29, 0.717) is 16.5 Å². The number of aliphatic imine (C=N–C) groups is 2. The van der Waals surface area contributed by atoms with Gasteiger partial charge in [0.05, 0.1) is 33.9 Å². The van der Waals surface area contributed by atoms with Crippen molar-refractivity contribution in [3.05, 3.63) is 104 Å². The van der Waals surface area contributed by atoms with E-state index in [9.17, 15) is 26.3 Å². The van der Waals surface area contributed by atoms with Gasteiger partial charge >= 0.3 is 12.4 Å². The Hall–Kier alpha value is -2.98. The number of hydrogen-bond acceptors (Lipinski definition) is 2. The summed E-state index contributed by atoms with van der Waals surface area (Å²) in [6, 6.07) is 17.5. The number of nitrogens with zero attached hydrogens (tertiary/aromatic N) is 2. The minimum absolute atomic E-state index is 0.0484. The molecule has 5 rings (SSSR count). The summed E-state index contributed by atoms with van der Waals surface area (Å²) in [5.74, 6) is 0. The Morgan fingerprint density at radius 2 is 1.19 bits per heavy atom. The molecule has 4 aromatic carbocycles. The van der Waals surface area contributed by atoms with E-state index in [1.807, 2.05) is 12.1 Å². The lowest BCUT2D eigenvalue weighted by Gasteiger charge is -2.14. The first-order valence-corrected chi connectivity index (χ1v) is 12.0. The number of alkyl halides is 6. The molecule has 1 aliphatic carbocycles. The molecule has 0 amide bonds. The van der Waals surface area contributed by atoms with E-state index >= 15 is 0 Å². The maximum Gasteiger partial charge on any atom is 0.418 e. The van der Waals surface area contributed by atoms with Gasteiger partial charge < -0.3 is 0 Å². The summed E-state index contributed by atoms with van der Waals surface area (Å²) in [6.07, 6.45) is -9.41.